The van der Waals surface area contributed by atoms with E-state index in [4.69, 9.17) is 4.42 Å². The van der Waals surface area contributed by atoms with Gasteiger partial charge in [0.25, 0.3) is 5.91 Å². The first-order valence-electron chi connectivity index (χ1n) is 13.6. The van der Waals surface area contributed by atoms with Crippen LogP contribution in [0.25, 0.3) is 0 Å². The largest absolute Gasteiger partial charge is 0.466 e. The van der Waals surface area contributed by atoms with Crippen molar-refractivity contribution >= 4 is 11.9 Å². The second-order valence-corrected chi connectivity index (χ2v) is 11.0. The van der Waals surface area contributed by atoms with E-state index in [0.29, 0.717) is 37.8 Å². The predicted octanol–water partition coefficient (Wildman–Crippen LogP) is 5.25. The molecule has 0 bridgehead atoms. The third kappa shape index (κ3) is 5.83. The maximum Gasteiger partial charge on any atom is 0.327 e. The lowest BCUT2D eigenvalue weighted by atomic mass is 9.85. The van der Waals surface area contributed by atoms with E-state index in [1.54, 1.807) is 17.3 Å². The number of piperidine rings is 1. The highest BCUT2D eigenvalue weighted by atomic mass is 16.3. The minimum Gasteiger partial charge on any atom is -0.466 e. The molecule has 2 aliphatic heterocycles. The minimum absolute atomic E-state index is 0.0186. The number of furan rings is 1. The lowest BCUT2D eigenvalue weighted by Crippen LogP contribution is -2.57. The number of carbonyl (C=O) groups excluding carboxylic acids is 2. The molecule has 0 saturated carbocycles. The molecule has 0 aromatic carbocycles. The number of aromatic nitrogens is 1. The lowest BCUT2D eigenvalue weighted by molar-refractivity contribution is -0.135. The number of urea groups is 1. The van der Waals surface area contributed by atoms with Crippen LogP contribution in [0.2, 0.25) is 0 Å². The summed E-state index contributed by atoms with van der Waals surface area (Å²) in [7, 11) is 0. The molecule has 2 aromatic heterocycles. The number of pyridine rings is 1. The number of hydrogen-bond acceptors (Lipinski definition) is 5. The van der Waals surface area contributed by atoms with Crippen molar-refractivity contribution in [2.24, 2.45) is 5.92 Å². The van der Waals surface area contributed by atoms with Crippen molar-refractivity contribution in [2.75, 3.05) is 32.7 Å². The van der Waals surface area contributed by atoms with Crippen LogP contribution in [0.3, 0.4) is 0 Å². The van der Waals surface area contributed by atoms with Crippen LogP contribution < -0.4 is 0 Å². The quantitative estimate of drug-likeness (QED) is 0.399. The molecule has 2 fully saturated rings. The van der Waals surface area contributed by atoms with Crippen LogP contribution in [-0.2, 0) is 11.2 Å². The highest BCUT2D eigenvalue weighted by Gasteiger charge is 2.57. The molecule has 3 amide bonds. The van der Waals surface area contributed by atoms with E-state index in [9.17, 15) is 9.59 Å². The maximum absolute atomic E-state index is 13.8. The number of aryl methyl sites for hydroxylation is 2. The van der Waals surface area contributed by atoms with Gasteiger partial charge in [0.1, 0.15) is 17.1 Å². The Morgan fingerprint density at radius 1 is 0.972 bits per heavy atom. The average molecular weight is 495 g/mol. The molecular weight excluding hydrogens is 452 g/mol. The number of rotatable bonds is 11. The van der Waals surface area contributed by atoms with Gasteiger partial charge in [0.05, 0.1) is 0 Å². The van der Waals surface area contributed by atoms with Gasteiger partial charge in [0.2, 0.25) is 0 Å². The van der Waals surface area contributed by atoms with Crippen molar-refractivity contribution in [3.8, 4) is 0 Å². The van der Waals surface area contributed by atoms with E-state index in [2.05, 4.69) is 36.7 Å². The van der Waals surface area contributed by atoms with Crippen LogP contribution >= 0.6 is 0 Å². The molecule has 36 heavy (non-hydrogen) atoms. The molecule has 196 valence electrons. The zero-order valence-corrected chi connectivity index (χ0v) is 22.4. The van der Waals surface area contributed by atoms with E-state index in [0.717, 1.165) is 56.8 Å². The Labute approximate surface area is 215 Å². The summed E-state index contributed by atoms with van der Waals surface area (Å²) in [5.41, 5.74) is 0.505. The fourth-order valence-electron chi connectivity index (χ4n) is 5.53. The Kier molecular flexibility index (Phi) is 8.50. The van der Waals surface area contributed by atoms with Gasteiger partial charge in [-0.1, -0.05) is 20.8 Å². The summed E-state index contributed by atoms with van der Waals surface area (Å²) < 4.78 is 5.80. The highest BCUT2D eigenvalue weighted by Crippen LogP contribution is 2.38. The molecule has 2 aromatic rings. The number of imide groups is 1. The average Bonchev–Trinajstić information content (AvgIpc) is 3.38. The van der Waals surface area contributed by atoms with Gasteiger partial charge in [-0.3, -0.25) is 14.7 Å². The van der Waals surface area contributed by atoms with Gasteiger partial charge >= 0.3 is 6.03 Å². The van der Waals surface area contributed by atoms with Gasteiger partial charge in [-0.05, 0) is 87.7 Å². The molecule has 1 spiro atoms. The molecule has 0 N–H and O–H groups in total. The van der Waals surface area contributed by atoms with E-state index < -0.39 is 5.54 Å². The Morgan fingerprint density at radius 2 is 1.69 bits per heavy atom. The monoisotopic (exact) mass is 494 g/mol. The number of carbonyl (C=O) groups is 2. The van der Waals surface area contributed by atoms with Crippen molar-refractivity contribution in [1.82, 2.24) is 19.7 Å². The topological polar surface area (TPSA) is 69.9 Å². The zero-order chi connectivity index (χ0) is 25.7. The molecule has 2 saturated heterocycles. The minimum atomic E-state index is -0.678. The number of nitrogens with zero attached hydrogens (tertiary/aromatic N) is 4. The van der Waals surface area contributed by atoms with Gasteiger partial charge in [0, 0.05) is 44.5 Å². The summed E-state index contributed by atoms with van der Waals surface area (Å²) in [4.78, 5) is 37.2. The van der Waals surface area contributed by atoms with Crippen LogP contribution in [0.1, 0.15) is 75.9 Å². The first-order valence-corrected chi connectivity index (χ1v) is 13.6. The second kappa shape index (κ2) is 11.6. The van der Waals surface area contributed by atoms with Crippen molar-refractivity contribution in [1.29, 1.82) is 0 Å². The first-order chi connectivity index (χ1) is 17.3. The molecule has 0 aliphatic carbocycles. The van der Waals surface area contributed by atoms with E-state index in [1.807, 2.05) is 30.0 Å². The summed E-state index contributed by atoms with van der Waals surface area (Å²) in [6, 6.07) is 7.99. The molecule has 7 heteroatoms. The van der Waals surface area contributed by atoms with Crippen LogP contribution in [0, 0.1) is 12.8 Å². The molecular formula is C29H42N4O3. The predicted molar refractivity (Wildman–Crippen MR) is 141 cm³/mol. The fourth-order valence-corrected chi connectivity index (χ4v) is 5.53. The van der Waals surface area contributed by atoms with E-state index in [1.165, 1.54) is 5.56 Å². The Hall–Kier alpha value is -2.67. The number of hydrogen-bond donors (Lipinski definition) is 0. The van der Waals surface area contributed by atoms with Gasteiger partial charge in [-0.2, -0.15) is 0 Å². The number of amides is 3. The molecule has 2 aliphatic rings. The smallest absolute Gasteiger partial charge is 0.327 e. The SMILES string of the molecule is Cc1ccc(C(C)CCN2CCC3(CC2)C(=O)N(CCCc2ccncc2)C(=O)N3CCC(C)C)o1. The first kappa shape index (κ1) is 26.4. The standard InChI is InChI=1S/C29H42N4O3/c1-22(2)11-19-33-28(35)32(17-5-6-25-9-15-30-16-10-25)27(34)29(33)13-20-31(21-14-29)18-12-23(3)26-8-7-24(4)36-26/h7-10,15-16,22-23H,5-6,11-14,17-21H2,1-4H3. The van der Waals surface area contributed by atoms with Crippen molar-refractivity contribution in [2.45, 2.75) is 77.7 Å². The number of likely N-dealkylation sites (tertiary alicyclic amines) is 1. The lowest BCUT2D eigenvalue weighted by Gasteiger charge is -2.42. The Balaban J connectivity index is 1.37. The van der Waals surface area contributed by atoms with E-state index in [-0.39, 0.29) is 11.9 Å². The van der Waals surface area contributed by atoms with Gasteiger partial charge in [-0.15, -0.1) is 0 Å². The second-order valence-electron chi connectivity index (χ2n) is 11.0. The molecule has 4 heterocycles. The molecule has 7 nitrogen and oxygen atoms in total. The summed E-state index contributed by atoms with van der Waals surface area (Å²) >= 11 is 0. The van der Waals surface area contributed by atoms with Crippen LogP contribution in [0.5, 0.6) is 0 Å². The molecule has 0 radical (unpaired) electrons. The van der Waals surface area contributed by atoms with Crippen molar-refractivity contribution in [3.63, 3.8) is 0 Å². The van der Waals surface area contributed by atoms with Gasteiger partial charge in [-0.25, -0.2) is 4.79 Å². The van der Waals surface area contributed by atoms with Crippen LogP contribution in [-0.4, -0.2) is 69.9 Å². The van der Waals surface area contributed by atoms with Crippen LogP contribution in [0.15, 0.2) is 41.1 Å². The third-order valence-corrected chi connectivity index (χ3v) is 7.96. The van der Waals surface area contributed by atoms with Gasteiger partial charge in [0.15, 0.2) is 0 Å². The Bertz CT molecular complexity index is 1010. The van der Waals surface area contributed by atoms with Gasteiger partial charge < -0.3 is 14.2 Å². The molecule has 4 rings (SSSR count). The van der Waals surface area contributed by atoms with Crippen molar-refractivity contribution in [3.05, 3.63) is 53.7 Å². The van der Waals surface area contributed by atoms with E-state index >= 15 is 0 Å². The third-order valence-electron chi connectivity index (χ3n) is 7.96. The summed E-state index contributed by atoms with van der Waals surface area (Å²) in [5, 5.41) is 0. The van der Waals surface area contributed by atoms with Crippen LogP contribution in [0.4, 0.5) is 4.79 Å². The molecule has 1 unspecified atom stereocenters. The Morgan fingerprint density at radius 3 is 2.33 bits per heavy atom. The normalized spacial score (nSPS) is 19.1. The highest BCUT2D eigenvalue weighted by molar-refractivity contribution is 6.07. The summed E-state index contributed by atoms with van der Waals surface area (Å²) in [6.07, 6.45) is 8.53. The maximum atomic E-state index is 13.8. The molecule has 1 atom stereocenters. The van der Waals surface area contributed by atoms with Crippen molar-refractivity contribution < 1.29 is 14.0 Å². The fraction of sp³-hybridized carbons (Fsp3) is 0.621. The summed E-state index contributed by atoms with van der Waals surface area (Å²) in [5.74, 6) is 2.86. The zero-order valence-electron chi connectivity index (χ0n) is 22.4. The summed E-state index contributed by atoms with van der Waals surface area (Å²) in [6.45, 7) is 12.3.